The SMILES string of the molecule is CCN(CC(F)(F)F)C(=O)C1CCCN(C(=O)CC2(C(=O)O)CCC2)C1. The number of likely N-dealkylation sites (tertiary alicyclic amines) is 1. The van der Waals surface area contributed by atoms with Crippen LogP contribution < -0.4 is 0 Å². The summed E-state index contributed by atoms with van der Waals surface area (Å²) < 4.78 is 37.9. The molecule has 0 bridgehead atoms. The fourth-order valence-corrected chi connectivity index (χ4v) is 3.70. The first-order valence-corrected chi connectivity index (χ1v) is 8.95. The third kappa shape index (κ3) is 4.67. The van der Waals surface area contributed by atoms with Gasteiger partial charge in [0.1, 0.15) is 6.54 Å². The van der Waals surface area contributed by atoms with Crippen LogP contribution in [0.2, 0.25) is 0 Å². The van der Waals surface area contributed by atoms with E-state index < -0.39 is 35.9 Å². The number of carbonyl (C=O) groups is 3. The summed E-state index contributed by atoms with van der Waals surface area (Å²) >= 11 is 0. The van der Waals surface area contributed by atoms with Crippen molar-refractivity contribution in [2.75, 3.05) is 26.2 Å². The molecule has 0 aromatic rings. The molecule has 0 aromatic heterocycles. The van der Waals surface area contributed by atoms with Crippen LogP contribution in [0.3, 0.4) is 0 Å². The number of nitrogens with zero attached hydrogens (tertiary/aromatic N) is 2. The molecule has 26 heavy (non-hydrogen) atoms. The van der Waals surface area contributed by atoms with Crippen molar-refractivity contribution in [1.82, 2.24) is 9.80 Å². The largest absolute Gasteiger partial charge is 0.481 e. The Morgan fingerprint density at radius 1 is 1.23 bits per heavy atom. The predicted molar refractivity (Wildman–Crippen MR) is 86.1 cm³/mol. The second kappa shape index (κ2) is 7.84. The standard InChI is InChI=1S/C17H25F3N2O4/c1-2-21(11-17(18,19)20)14(24)12-5-3-8-22(10-12)13(23)9-16(15(25)26)6-4-7-16/h12H,2-11H2,1H3,(H,25,26). The minimum absolute atomic E-state index is 0.0507. The summed E-state index contributed by atoms with van der Waals surface area (Å²) in [7, 11) is 0. The zero-order valence-electron chi connectivity index (χ0n) is 14.8. The van der Waals surface area contributed by atoms with Gasteiger partial charge in [-0.25, -0.2) is 0 Å². The molecular formula is C17H25F3N2O4. The number of halogens is 3. The van der Waals surface area contributed by atoms with E-state index in [9.17, 15) is 32.7 Å². The molecule has 1 aliphatic carbocycles. The summed E-state index contributed by atoms with van der Waals surface area (Å²) in [6, 6.07) is 0. The number of rotatable bonds is 6. The number of carbonyl (C=O) groups excluding carboxylic acids is 2. The smallest absolute Gasteiger partial charge is 0.406 e. The highest BCUT2D eigenvalue weighted by Crippen LogP contribution is 2.44. The van der Waals surface area contributed by atoms with E-state index in [2.05, 4.69) is 0 Å². The Kier molecular flexibility index (Phi) is 6.18. The Morgan fingerprint density at radius 2 is 1.88 bits per heavy atom. The van der Waals surface area contributed by atoms with Gasteiger partial charge in [-0.05, 0) is 32.6 Å². The van der Waals surface area contributed by atoms with Gasteiger partial charge in [-0.15, -0.1) is 0 Å². The van der Waals surface area contributed by atoms with Gasteiger partial charge in [0, 0.05) is 26.1 Å². The molecular weight excluding hydrogens is 353 g/mol. The van der Waals surface area contributed by atoms with Crippen LogP contribution in [0.25, 0.3) is 0 Å². The van der Waals surface area contributed by atoms with Crippen molar-refractivity contribution >= 4 is 17.8 Å². The maximum absolute atomic E-state index is 12.6. The average Bonchev–Trinajstić information content (AvgIpc) is 2.54. The number of carboxylic acid groups (broad SMARTS) is 1. The average molecular weight is 378 g/mol. The van der Waals surface area contributed by atoms with Crippen molar-refractivity contribution in [3.63, 3.8) is 0 Å². The number of aliphatic carboxylic acids is 1. The Hall–Kier alpha value is -1.80. The summed E-state index contributed by atoms with van der Waals surface area (Å²) in [4.78, 5) is 38.6. The first kappa shape index (κ1) is 20.5. The van der Waals surface area contributed by atoms with Crippen LogP contribution >= 0.6 is 0 Å². The summed E-state index contributed by atoms with van der Waals surface area (Å²) in [5.41, 5.74) is -1.01. The second-order valence-corrected chi connectivity index (χ2v) is 7.26. The molecule has 1 saturated heterocycles. The molecule has 0 spiro atoms. The number of hydrogen-bond acceptors (Lipinski definition) is 3. The second-order valence-electron chi connectivity index (χ2n) is 7.26. The van der Waals surface area contributed by atoms with E-state index in [1.54, 1.807) is 0 Å². The van der Waals surface area contributed by atoms with E-state index in [0.717, 1.165) is 11.3 Å². The Balaban J connectivity index is 1.98. The van der Waals surface area contributed by atoms with Gasteiger partial charge in [-0.1, -0.05) is 6.42 Å². The third-order valence-corrected chi connectivity index (χ3v) is 5.44. The molecule has 1 unspecified atom stereocenters. The van der Waals surface area contributed by atoms with Crippen LogP contribution in [0.1, 0.15) is 45.4 Å². The zero-order chi connectivity index (χ0) is 19.5. The highest BCUT2D eigenvalue weighted by atomic mass is 19.4. The molecule has 6 nitrogen and oxygen atoms in total. The van der Waals surface area contributed by atoms with Crippen molar-refractivity contribution in [3.8, 4) is 0 Å². The number of amides is 2. The molecule has 1 aliphatic heterocycles. The predicted octanol–water partition coefficient (Wildman–Crippen LogP) is 2.28. The maximum atomic E-state index is 12.6. The third-order valence-electron chi connectivity index (χ3n) is 5.44. The quantitative estimate of drug-likeness (QED) is 0.769. The Morgan fingerprint density at radius 3 is 2.35 bits per heavy atom. The van der Waals surface area contributed by atoms with Gasteiger partial charge in [-0.3, -0.25) is 14.4 Å². The van der Waals surface area contributed by atoms with Crippen molar-refractivity contribution in [3.05, 3.63) is 0 Å². The zero-order valence-corrected chi connectivity index (χ0v) is 14.8. The van der Waals surface area contributed by atoms with E-state index in [0.29, 0.717) is 32.2 Å². The molecule has 2 aliphatic rings. The molecule has 1 N–H and O–H groups in total. The van der Waals surface area contributed by atoms with Crippen LogP contribution in [0.5, 0.6) is 0 Å². The Bertz CT molecular complexity index is 561. The van der Waals surface area contributed by atoms with E-state index in [-0.39, 0.29) is 25.4 Å². The summed E-state index contributed by atoms with van der Waals surface area (Å²) in [6.07, 6.45) is -1.94. The van der Waals surface area contributed by atoms with E-state index in [1.165, 1.54) is 11.8 Å². The number of carboxylic acids is 1. The van der Waals surface area contributed by atoms with Crippen molar-refractivity contribution < 1.29 is 32.7 Å². The molecule has 0 aromatic carbocycles. The molecule has 1 atom stereocenters. The topological polar surface area (TPSA) is 77.9 Å². The lowest BCUT2D eigenvalue weighted by Gasteiger charge is -2.40. The van der Waals surface area contributed by atoms with Gasteiger partial charge in [0.15, 0.2) is 0 Å². The summed E-state index contributed by atoms with van der Waals surface area (Å²) in [6.45, 7) is 0.605. The molecule has 2 fully saturated rings. The fourth-order valence-electron chi connectivity index (χ4n) is 3.70. The lowest BCUT2D eigenvalue weighted by atomic mass is 9.66. The molecule has 2 rings (SSSR count). The molecule has 1 heterocycles. The molecule has 0 radical (unpaired) electrons. The first-order valence-electron chi connectivity index (χ1n) is 8.95. The van der Waals surface area contributed by atoms with Crippen LogP contribution in [0.15, 0.2) is 0 Å². The minimum Gasteiger partial charge on any atom is -0.481 e. The highest BCUT2D eigenvalue weighted by molar-refractivity contribution is 5.86. The number of alkyl halides is 3. The molecule has 2 amide bonds. The van der Waals surface area contributed by atoms with Crippen LogP contribution in [0.4, 0.5) is 13.2 Å². The maximum Gasteiger partial charge on any atom is 0.406 e. The Labute approximate surface area is 150 Å². The molecule has 1 saturated carbocycles. The minimum atomic E-state index is -4.46. The molecule has 148 valence electrons. The summed E-state index contributed by atoms with van der Waals surface area (Å²) in [5, 5.41) is 9.35. The van der Waals surface area contributed by atoms with Gasteiger partial charge in [-0.2, -0.15) is 13.2 Å². The van der Waals surface area contributed by atoms with Gasteiger partial charge in [0.05, 0.1) is 11.3 Å². The van der Waals surface area contributed by atoms with E-state index in [4.69, 9.17) is 0 Å². The van der Waals surface area contributed by atoms with Crippen LogP contribution in [-0.2, 0) is 14.4 Å². The van der Waals surface area contributed by atoms with Gasteiger partial charge >= 0.3 is 12.1 Å². The first-order chi connectivity index (χ1) is 12.1. The number of hydrogen-bond donors (Lipinski definition) is 1. The number of piperidine rings is 1. The van der Waals surface area contributed by atoms with Gasteiger partial charge in [0.25, 0.3) is 0 Å². The fraction of sp³-hybridized carbons (Fsp3) is 0.824. The monoisotopic (exact) mass is 378 g/mol. The van der Waals surface area contributed by atoms with E-state index in [1.807, 2.05) is 0 Å². The van der Waals surface area contributed by atoms with Gasteiger partial charge in [0.2, 0.25) is 11.8 Å². The van der Waals surface area contributed by atoms with Crippen LogP contribution in [0, 0.1) is 11.3 Å². The van der Waals surface area contributed by atoms with Crippen molar-refractivity contribution in [1.29, 1.82) is 0 Å². The highest BCUT2D eigenvalue weighted by Gasteiger charge is 2.47. The van der Waals surface area contributed by atoms with Crippen LogP contribution in [-0.4, -0.2) is 65.0 Å². The van der Waals surface area contributed by atoms with E-state index >= 15 is 0 Å². The van der Waals surface area contributed by atoms with Crippen molar-refractivity contribution in [2.45, 2.75) is 51.6 Å². The summed E-state index contributed by atoms with van der Waals surface area (Å²) in [5.74, 6) is -2.58. The normalized spacial score (nSPS) is 22.5. The lowest BCUT2D eigenvalue weighted by Crippen LogP contribution is -2.50. The lowest BCUT2D eigenvalue weighted by molar-refractivity contribution is -0.165. The molecule has 9 heteroatoms. The van der Waals surface area contributed by atoms with Gasteiger partial charge < -0.3 is 14.9 Å². The van der Waals surface area contributed by atoms with Crippen molar-refractivity contribution in [2.24, 2.45) is 11.3 Å².